The molecular formula is C17H26OSi. The molecular weight excluding hydrogens is 248 g/mol. The van der Waals surface area contributed by atoms with E-state index in [4.69, 9.17) is 4.74 Å². The van der Waals surface area contributed by atoms with E-state index < -0.39 is 8.07 Å². The van der Waals surface area contributed by atoms with E-state index in [0.29, 0.717) is 0 Å². The van der Waals surface area contributed by atoms with E-state index >= 15 is 0 Å². The maximum atomic E-state index is 5.85. The van der Waals surface area contributed by atoms with E-state index in [2.05, 4.69) is 55.2 Å². The second-order valence-corrected chi connectivity index (χ2v) is 10.6. The second-order valence-electron chi connectivity index (χ2n) is 6.25. The fourth-order valence-corrected chi connectivity index (χ4v) is 4.88. The van der Waals surface area contributed by atoms with Gasteiger partial charge in [-0.25, -0.2) is 0 Å². The Hall–Kier alpha value is -0.863. The zero-order valence-electron chi connectivity index (χ0n) is 12.5. The molecule has 0 aliphatic heterocycles. The number of benzene rings is 1. The van der Waals surface area contributed by atoms with Crippen molar-refractivity contribution in [3.05, 3.63) is 42.1 Å². The van der Waals surface area contributed by atoms with Gasteiger partial charge in [-0.3, -0.25) is 0 Å². The topological polar surface area (TPSA) is 9.23 Å². The third-order valence-corrected chi connectivity index (χ3v) is 7.25. The van der Waals surface area contributed by atoms with Crippen LogP contribution in [0.2, 0.25) is 13.1 Å². The highest BCUT2D eigenvalue weighted by atomic mass is 28.3. The molecule has 1 aliphatic rings. The first-order chi connectivity index (χ1) is 9.08. The Morgan fingerprint density at radius 1 is 1.05 bits per heavy atom. The van der Waals surface area contributed by atoms with Crippen molar-refractivity contribution < 1.29 is 4.74 Å². The summed E-state index contributed by atoms with van der Waals surface area (Å²) in [6.07, 6.45) is 8.69. The minimum absolute atomic E-state index is 0.0112. The Bertz CT molecular complexity index is 416. The van der Waals surface area contributed by atoms with Crippen molar-refractivity contribution in [3.8, 4) is 0 Å². The monoisotopic (exact) mass is 274 g/mol. The lowest BCUT2D eigenvalue weighted by atomic mass is 9.85. The van der Waals surface area contributed by atoms with Crippen LogP contribution in [0.1, 0.15) is 32.1 Å². The van der Waals surface area contributed by atoms with Crippen LogP contribution >= 0.6 is 0 Å². The van der Waals surface area contributed by atoms with E-state index in [1.165, 1.54) is 37.3 Å². The van der Waals surface area contributed by atoms with Gasteiger partial charge in [-0.1, -0.05) is 79.7 Å². The van der Waals surface area contributed by atoms with Gasteiger partial charge in [-0.05, 0) is 12.8 Å². The van der Waals surface area contributed by atoms with Crippen molar-refractivity contribution in [2.45, 2.75) is 50.8 Å². The molecule has 1 nitrogen and oxygen atoms in total. The summed E-state index contributed by atoms with van der Waals surface area (Å²) in [5, 5.41) is 1.49. The summed E-state index contributed by atoms with van der Waals surface area (Å²) in [5.74, 6) is 0. The Labute approximate surface area is 118 Å². The molecule has 0 heterocycles. The maximum Gasteiger partial charge on any atom is 0.103 e. The van der Waals surface area contributed by atoms with Crippen LogP contribution in [0.25, 0.3) is 0 Å². The van der Waals surface area contributed by atoms with Gasteiger partial charge in [0.1, 0.15) is 8.07 Å². The van der Waals surface area contributed by atoms with Crippen molar-refractivity contribution in [1.82, 2.24) is 0 Å². The van der Waals surface area contributed by atoms with Crippen LogP contribution in [0, 0.1) is 0 Å². The SMILES string of the molecule is COC1(/C=C/[Si](C)(C)c2ccccc2)CCCCC1. The third kappa shape index (κ3) is 3.58. The van der Waals surface area contributed by atoms with E-state index in [1.807, 2.05) is 7.11 Å². The van der Waals surface area contributed by atoms with Gasteiger partial charge in [0.2, 0.25) is 0 Å². The molecule has 0 bridgehead atoms. The molecule has 1 aliphatic carbocycles. The Morgan fingerprint density at radius 3 is 2.26 bits per heavy atom. The molecule has 0 unspecified atom stereocenters. The Kier molecular flexibility index (Phi) is 4.64. The minimum atomic E-state index is -1.49. The molecule has 1 fully saturated rings. The summed E-state index contributed by atoms with van der Waals surface area (Å²) < 4.78 is 5.85. The molecule has 0 saturated heterocycles. The molecule has 1 aromatic rings. The Morgan fingerprint density at radius 2 is 1.68 bits per heavy atom. The van der Waals surface area contributed by atoms with Gasteiger partial charge in [-0.2, -0.15) is 0 Å². The lowest BCUT2D eigenvalue weighted by Crippen LogP contribution is -2.41. The molecule has 19 heavy (non-hydrogen) atoms. The summed E-state index contributed by atoms with van der Waals surface area (Å²) in [4.78, 5) is 0. The molecule has 104 valence electrons. The van der Waals surface area contributed by atoms with Crippen molar-refractivity contribution in [2.75, 3.05) is 7.11 Å². The van der Waals surface area contributed by atoms with Crippen LogP contribution in [0.4, 0.5) is 0 Å². The van der Waals surface area contributed by atoms with Crippen LogP contribution in [0.15, 0.2) is 42.1 Å². The van der Waals surface area contributed by atoms with E-state index in [1.54, 1.807) is 0 Å². The molecule has 0 atom stereocenters. The smallest absolute Gasteiger partial charge is 0.103 e. The summed E-state index contributed by atoms with van der Waals surface area (Å²) in [5.41, 5.74) is 2.48. The average Bonchev–Trinajstić information content (AvgIpc) is 2.47. The zero-order valence-corrected chi connectivity index (χ0v) is 13.5. The maximum absolute atomic E-state index is 5.85. The van der Waals surface area contributed by atoms with Gasteiger partial charge in [0.25, 0.3) is 0 Å². The van der Waals surface area contributed by atoms with Gasteiger partial charge in [0, 0.05) is 7.11 Å². The van der Waals surface area contributed by atoms with Crippen LogP contribution < -0.4 is 5.19 Å². The van der Waals surface area contributed by atoms with E-state index in [-0.39, 0.29) is 5.60 Å². The number of methoxy groups -OCH3 is 1. The number of ether oxygens (including phenoxy) is 1. The average molecular weight is 274 g/mol. The number of rotatable bonds is 4. The normalized spacial score (nSPS) is 19.7. The first-order valence-electron chi connectivity index (χ1n) is 7.39. The van der Waals surface area contributed by atoms with Crippen molar-refractivity contribution in [3.63, 3.8) is 0 Å². The quantitative estimate of drug-likeness (QED) is 0.753. The molecule has 0 amide bonds. The predicted octanol–water partition coefficient (Wildman–Crippen LogP) is 4.05. The largest absolute Gasteiger partial charge is 0.374 e. The van der Waals surface area contributed by atoms with Crippen LogP contribution in [0.5, 0.6) is 0 Å². The third-order valence-electron chi connectivity index (χ3n) is 4.43. The van der Waals surface area contributed by atoms with E-state index in [9.17, 15) is 0 Å². The molecule has 2 heteroatoms. The molecule has 0 radical (unpaired) electrons. The highest BCUT2D eigenvalue weighted by Gasteiger charge is 2.30. The van der Waals surface area contributed by atoms with Crippen LogP contribution in [-0.2, 0) is 4.74 Å². The lowest BCUT2D eigenvalue weighted by Gasteiger charge is -2.34. The standard InChI is InChI=1S/C17H26OSi/c1-18-17(12-8-5-9-13-17)14-15-19(2,3)16-10-6-4-7-11-16/h4,6-7,10-11,14-15H,5,8-9,12-13H2,1-3H3/b15-14+. The van der Waals surface area contributed by atoms with Gasteiger partial charge < -0.3 is 4.74 Å². The van der Waals surface area contributed by atoms with Gasteiger partial charge in [0.15, 0.2) is 0 Å². The van der Waals surface area contributed by atoms with Gasteiger partial charge >= 0.3 is 0 Å². The van der Waals surface area contributed by atoms with Crippen LogP contribution in [0.3, 0.4) is 0 Å². The fourth-order valence-electron chi connectivity index (χ4n) is 2.91. The summed E-state index contributed by atoms with van der Waals surface area (Å²) in [6.45, 7) is 4.82. The first kappa shape index (κ1) is 14.5. The highest BCUT2D eigenvalue weighted by Crippen LogP contribution is 2.32. The van der Waals surface area contributed by atoms with Crippen LogP contribution in [-0.4, -0.2) is 20.8 Å². The minimum Gasteiger partial charge on any atom is -0.374 e. The zero-order chi connectivity index (χ0) is 13.8. The molecule has 0 spiro atoms. The molecule has 0 N–H and O–H groups in total. The summed E-state index contributed by atoms with van der Waals surface area (Å²) in [7, 11) is 0.381. The van der Waals surface area contributed by atoms with Gasteiger partial charge in [0.05, 0.1) is 5.60 Å². The molecule has 0 aromatic heterocycles. The number of hydrogen-bond acceptors (Lipinski definition) is 1. The van der Waals surface area contributed by atoms with E-state index in [0.717, 1.165) is 0 Å². The van der Waals surface area contributed by atoms with Crippen molar-refractivity contribution in [1.29, 1.82) is 0 Å². The van der Waals surface area contributed by atoms with Gasteiger partial charge in [-0.15, -0.1) is 0 Å². The lowest BCUT2D eigenvalue weighted by molar-refractivity contribution is 0.00213. The molecule has 2 rings (SSSR count). The fraction of sp³-hybridized carbons (Fsp3) is 0.529. The Balaban J connectivity index is 2.16. The summed E-state index contributed by atoms with van der Waals surface area (Å²) in [6, 6.07) is 10.9. The van der Waals surface area contributed by atoms with Crippen molar-refractivity contribution in [2.24, 2.45) is 0 Å². The number of hydrogen-bond donors (Lipinski definition) is 0. The highest BCUT2D eigenvalue weighted by molar-refractivity contribution is 6.93. The summed E-state index contributed by atoms with van der Waals surface area (Å²) >= 11 is 0. The molecule has 1 saturated carbocycles. The predicted molar refractivity (Wildman–Crippen MR) is 85.5 cm³/mol. The molecule has 1 aromatic carbocycles. The first-order valence-corrected chi connectivity index (χ1v) is 10.5. The second kappa shape index (κ2) is 6.06. The van der Waals surface area contributed by atoms with Crippen molar-refractivity contribution >= 4 is 13.3 Å².